The van der Waals surface area contributed by atoms with E-state index in [9.17, 15) is 57.1 Å². The largest absolute Gasteiger partial charge is 0.460 e. The van der Waals surface area contributed by atoms with Crippen LogP contribution in [0.15, 0.2) is 28.7 Å². The molecule has 0 unspecified atom stereocenters. The van der Waals surface area contributed by atoms with Crippen molar-refractivity contribution in [2.45, 2.75) is 48.6 Å². The summed E-state index contributed by atoms with van der Waals surface area (Å²) in [6, 6.07) is 4.61. The smallest absolute Gasteiger partial charge is 0.200 e. The third-order valence-electron chi connectivity index (χ3n) is 3.64. The normalized spacial score (nSPS) is 15.1. The zero-order chi connectivity index (χ0) is 22.4. The van der Waals surface area contributed by atoms with E-state index in [1.165, 1.54) is 12.1 Å². The fraction of sp³-hybridized carbons (Fsp3) is 0.571. The first-order chi connectivity index (χ1) is 12.2. The van der Waals surface area contributed by atoms with Gasteiger partial charge >= 0.3 is 35.8 Å². The second-order valence-corrected chi connectivity index (χ2v) is 6.54. The van der Waals surface area contributed by atoms with Crippen molar-refractivity contribution in [1.29, 1.82) is 0 Å². The molecule has 14 heteroatoms. The summed E-state index contributed by atoms with van der Waals surface area (Å²) < 4.78 is 168. The van der Waals surface area contributed by atoms with Crippen molar-refractivity contribution in [1.82, 2.24) is 0 Å². The van der Waals surface area contributed by atoms with Crippen molar-refractivity contribution < 1.29 is 57.1 Å². The summed E-state index contributed by atoms with van der Waals surface area (Å²) >= 11 is 2.94. The number of rotatable bonds is 7. The van der Waals surface area contributed by atoms with Gasteiger partial charge in [-0.15, -0.1) is 0 Å². The van der Waals surface area contributed by atoms with E-state index in [2.05, 4.69) is 15.9 Å². The van der Waals surface area contributed by atoms with Gasteiger partial charge in [-0.05, 0) is 24.1 Å². The van der Waals surface area contributed by atoms with Gasteiger partial charge in [0.25, 0.3) is 0 Å². The van der Waals surface area contributed by atoms with Crippen molar-refractivity contribution in [3.05, 3.63) is 34.3 Å². The van der Waals surface area contributed by atoms with Crippen LogP contribution in [0.25, 0.3) is 0 Å². The van der Waals surface area contributed by atoms with Crippen LogP contribution >= 0.6 is 15.9 Å². The Labute approximate surface area is 156 Å². The Kier molecular flexibility index (Phi) is 6.42. The van der Waals surface area contributed by atoms with E-state index in [1.807, 2.05) is 0 Å². The summed E-state index contributed by atoms with van der Waals surface area (Å²) in [5, 5.41) is 0. The molecule has 28 heavy (non-hydrogen) atoms. The van der Waals surface area contributed by atoms with Crippen LogP contribution in [0.3, 0.4) is 0 Å². The van der Waals surface area contributed by atoms with Crippen molar-refractivity contribution in [3.8, 4) is 0 Å². The van der Waals surface area contributed by atoms with Gasteiger partial charge < -0.3 is 0 Å². The fourth-order valence-corrected chi connectivity index (χ4v) is 2.18. The molecule has 1 rings (SSSR count). The SMILES string of the molecule is FC(F)(F)C(F)(F)C(F)(F)C(F)(F)C(F)(F)C(F)(F)CCc1ccc(Br)cc1. The number of alkyl halides is 13. The molecule has 0 radical (unpaired) electrons. The zero-order valence-corrected chi connectivity index (χ0v) is 14.6. The van der Waals surface area contributed by atoms with Crippen molar-refractivity contribution >= 4 is 15.9 Å². The van der Waals surface area contributed by atoms with E-state index in [0.717, 1.165) is 12.1 Å². The Bertz CT molecular complexity index is 675. The topological polar surface area (TPSA) is 0 Å². The molecule has 0 atom stereocenters. The Morgan fingerprint density at radius 1 is 0.571 bits per heavy atom. The van der Waals surface area contributed by atoms with Crippen LogP contribution < -0.4 is 0 Å². The van der Waals surface area contributed by atoms with E-state index in [0.29, 0.717) is 4.47 Å². The molecular formula is C14H8BrF13. The molecule has 0 fully saturated rings. The van der Waals surface area contributed by atoms with E-state index in [1.54, 1.807) is 0 Å². The van der Waals surface area contributed by atoms with E-state index >= 15 is 0 Å². The molecule has 1 aromatic rings. The lowest BCUT2D eigenvalue weighted by molar-refractivity contribution is -0.440. The fourth-order valence-electron chi connectivity index (χ4n) is 1.91. The highest BCUT2D eigenvalue weighted by molar-refractivity contribution is 9.10. The number of halogens is 14. The monoisotopic (exact) mass is 502 g/mol. The predicted molar refractivity (Wildman–Crippen MR) is 73.3 cm³/mol. The van der Waals surface area contributed by atoms with Crippen LogP contribution in [0.2, 0.25) is 0 Å². The lowest BCUT2D eigenvalue weighted by Gasteiger charge is -2.39. The minimum atomic E-state index is -7.86. The molecule has 0 aliphatic carbocycles. The summed E-state index contributed by atoms with van der Waals surface area (Å²) in [6.45, 7) is 0. The Balaban J connectivity index is 3.23. The van der Waals surface area contributed by atoms with E-state index in [4.69, 9.17) is 0 Å². The van der Waals surface area contributed by atoms with Gasteiger partial charge in [-0.3, -0.25) is 0 Å². The third kappa shape index (κ3) is 3.92. The molecule has 0 N–H and O–H groups in total. The summed E-state index contributed by atoms with van der Waals surface area (Å²) in [5.41, 5.74) is -0.144. The zero-order valence-electron chi connectivity index (χ0n) is 13.0. The first-order valence-corrected chi connectivity index (χ1v) is 7.72. The van der Waals surface area contributed by atoms with Gasteiger partial charge in [0.2, 0.25) is 0 Å². The van der Waals surface area contributed by atoms with Crippen LogP contribution in [0, 0.1) is 0 Å². The molecule has 1 aromatic carbocycles. The number of hydrogen-bond donors (Lipinski definition) is 0. The van der Waals surface area contributed by atoms with Gasteiger partial charge in [-0.1, -0.05) is 28.1 Å². The van der Waals surface area contributed by atoms with Gasteiger partial charge in [-0.25, -0.2) is 0 Å². The standard InChI is InChI=1S/C14H8BrF13/c15-8-3-1-7(2-4-8)5-6-9(16,17)10(18,19)11(20,21)12(22,23)13(24,25)14(26,27)28/h1-4H,5-6H2. The van der Waals surface area contributed by atoms with Crippen molar-refractivity contribution in [3.63, 3.8) is 0 Å². The average molecular weight is 503 g/mol. The minimum Gasteiger partial charge on any atom is -0.200 e. The molecule has 0 bridgehead atoms. The molecule has 0 aromatic heterocycles. The molecule has 0 amide bonds. The van der Waals surface area contributed by atoms with Crippen molar-refractivity contribution in [2.24, 2.45) is 0 Å². The van der Waals surface area contributed by atoms with Crippen LogP contribution in [-0.4, -0.2) is 35.8 Å². The second-order valence-electron chi connectivity index (χ2n) is 5.63. The highest BCUT2D eigenvalue weighted by Crippen LogP contribution is 2.60. The molecule has 0 saturated heterocycles. The molecule has 0 spiro atoms. The van der Waals surface area contributed by atoms with Crippen LogP contribution in [0.4, 0.5) is 57.1 Å². The second kappa shape index (κ2) is 7.24. The highest BCUT2D eigenvalue weighted by Gasteiger charge is 2.90. The molecular weight excluding hydrogens is 495 g/mol. The van der Waals surface area contributed by atoms with Gasteiger partial charge in [0, 0.05) is 10.9 Å². The summed E-state index contributed by atoms with van der Waals surface area (Å²) in [6.07, 6.45) is -10.7. The van der Waals surface area contributed by atoms with Gasteiger partial charge in [0.05, 0.1) is 0 Å². The van der Waals surface area contributed by atoms with Gasteiger partial charge in [-0.2, -0.15) is 57.1 Å². The lowest BCUT2D eigenvalue weighted by atomic mass is 9.91. The molecule has 0 aliphatic rings. The Morgan fingerprint density at radius 3 is 1.36 bits per heavy atom. The van der Waals surface area contributed by atoms with Crippen molar-refractivity contribution in [2.75, 3.05) is 0 Å². The molecule has 0 heterocycles. The Morgan fingerprint density at radius 2 is 0.964 bits per heavy atom. The summed E-state index contributed by atoms with van der Waals surface area (Å²) in [7, 11) is 0. The average Bonchev–Trinajstić information content (AvgIpc) is 2.52. The molecule has 0 aliphatic heterocycles. The molecule has 0 saturated carbocycles. The number of aryl methyl sites for hydroxylation is 1. The first-order valence-electron chi connectivity index (χ1n) is 6.92. The maximum absolute atomic E-state index is 13.6. The molecule has 0 nitrogen and oxygen atoms in total. The van der Waals surface area contributed by atoms with Gasteiger partial charge in [0.15, 0.2) is 0 Å². The third-order valence-corrected chi connectivity index (χ3v) is 4.17. The lowest BCUT2D eigenvalue weighted by Crippen LogP contribution is -2.70. The highest BCUT2D eigenvalue weighted by atomic mass is 79.9. The van der Waals surface area contributed by atoms with Crippen LogP contribution in [0.5, 0.6) is 0 Å². The van der Waals surface area contributed by atoms with E-state index in [-0.39, 0.29) is 5.56 Å². The summed E-state index contributed by atoms with van der Waals surface area (Å²) in [5.74, 6) is -36.6. The number of benzene rings is 1. The van der Waals surface area contributed by atoms with Crippen LogP contribution in [0.1, 0.15) is 12.0 Å². The van der Waals surface area contributed by atoms with Crippen LogP contribution in [-0.2, 0) is 6.42 Å². The number of hydrogen-bond acceptors (Lipinski definition) is 0. The minimum absolute atomic E-state index is 0.144. The predicted octanol–water partition coefficient (Wildman–Crippen LogP) is 7.12. The summed E-state index contributed by atoms with van der Waals surface area (Å²) in [4.78, 5) is 0. The first kappa shape index (κ1) is 24.8. The Hall–Kier alpha value is -1.21. The maximum Gasteiger partial charge on any atom is 0.460 e. The maximum atomic E-state index is 13.6. The quantitative estimate of drug-likeness (QED) is 0.348. The molecule has 162 valence electrons. The van der Waals surface area contributed by atoms with E-state index < -0.39 is 48.6 Å². The van der Waals surface area contributed by atoms with Gasteiger partial charge in [0.1, 0.15) is 0 Å².